The highest BCUT2D eigenvalue weighted by Gasteiger charge is 2.46. The van der Waals surface area contributed by atoms with Crippen molar-refractivity contribution in [3.63, 3.8) is 0 Å². The third-order valence-electron chi connectivity index (χ3n) is 10.6. The molecule has 262 valence electrons. The molecule has 0 radical (unpaired) electrons. The van der Waals surface area contributed by atoms with Crippen molar-refractivity contribution in [1.82, 2.24) is 19.8 Å². The number of H-pyrrole nitrogens is 1. The molecule has 0 bridgehead atoms. The summed E-state index contributed by atoms with van der Waals surface area (Å²) in [7, 11) is 4.83. The molecule has 2 aliphatic heterocycles. The largest absolute Gasteiger partial charge is 0.493 e. The van der Waals surface area contributed by atoms with Crippen LogP contribution in [0.15, 0.2) is 89.7 Å². The first kappa shape index (κ1) is 33.5. The molecule has 3 aromatic carbocycles. The molecular formula is C40H47N5O5. The molecule has 10 heteroatoms. The summed E-state index contributed by atoms with van der Waals surface area (Å²) in [6.07, 6.45) is 7.96. The van der Waals surface area contributed by atoms with Gasteiger partial charge in [-0.25, -0.2) is 4.98 Å². The van der Waals surface area contributed by atoms with Crippen molar-refractivity contribution < 1.29 is 23.4 Å². The van der Waals surface area contributed by atoms with Crippen molar-refractivity contribution in [2.24, 2.45) is 5.41 Å². The quantitative estimate of drug-likeness (QED) is 0.139. The van der Waals surface area contributed by atoms with Gasteiger partial charge in [0.05, 0.1) is 50.3 Å². The number of likely N-dealkylation sites (tertiary alicyclic amines) is 2. The molecule has 1 unspecified atom stereocenters. The Morgan fingerprint density at radius 3 is 2.32 bits per heavy atom. The van der Waals surface area contributed by atoms with Crippen molar-refractivity contribution in [3.8, 4) is 17.2 Å². The van der Waals surface area contributed by atoms with Crippen LogP contribution >= 0.6 is 0 Å². The van der Waals surface area contributed by atoms with E-state index in [1.807, 2.05) is 47.6 Å². The summed E-state index contributed by atoms with van der Waals surface area (Å²) < 4.78 is 22.1. The number of aromatic nitrogens is 2. The lowest BCUT2D eigenvalue weighted by Gasteiger charge is -2.39. The van der Waals surface area contributed by atoms with Gasteiger partial charge in [-0.05, 0) is 80.1 Å². The summed E-state index contributed by atoms with van der Waals surface area (Å²) in [5.74, 6) is 2.86. The van der Waals surface area contributed by atoms with Gasteiger partial charge in [0, 0.05) is 44.3 Å². The highest BCUT2D eigenvalue weighted by atomic mass is 16.5. The number of aromatic amines is 1. The standard InChI is InChI=1S/C40H47N5O5/c1-47-35-23-31(24-36(48-2)37(35)49-3)26-44-21-17-40(38(44)46,25-29-9-5-4-6-10-29)16-20-43-18-13-32(14-19-43)45(27-30-15-22-50-28-30)39-41-33-11-7-8-12-34(33)42-39/h4-12,15,22-24,28,32H,13-14,16-21,25-27H2,1-3H3,(H,41,42). The average Bonchev–Trinajstić information content (AvgIpc) is 3.90. The molecule has 0 spiro atoms. The summed E-state index contributed by atoms with van der Waals surface area (Å²) in [5.41, 5.74) is 4.85. The van der Waals surface area contributed by atoms with Gasteiger partial charge in [0.25, 0.3) is 0 Å². The number of hydrogen-bond donors (Lipinski definition) is 1. The van der Waals surface area contributed by atoms with E-state index in [1.165, 1.54) is 5.56 Å². The van der Waals surface area contributed by atoms with Crippen molar-refractivity contribution in [2.75, 3.05) is 52.4 Å². The molecule has 4 heterocycles. The van der Waals surface area contributed by atoms with Crippen LogP contribution in [0.4, 0.5) is 5.95 Å². The number of nitrogens with zero attached hydrogens (tertiary/aromatic N) is 4. The minimum absolute atomic E-state index is 0.223. The second-order valence-corrected chi connectivity index (χ2v) is 13.6. The maximum absolute atomic E-state index is 14.5. The highest BCUT2D eigenvalue weighted by Crippen LogP contribution is 2.42. The summed E-state index contributed by atoms with van der Waals surface area (Å²) in [6, 6.07) is 24.9. The second-order valence-electron chi connectivity index (χ2n) is 13.6. The number of amides is 1. The number of carbonyl (C=O) groups excluding carboxylic acids is 1. The van der Waals surface area contributed by atoms with Crippen LogP contribution in [0.1, 0.15) is 42.4 Å². The van der Waals surface area contributed by atoms with Crippen molar-refractivity contribution in [3.05, 3.63) is 102 Å². The summed E-state index contributed by atoms with van der Waals surface area (Å²) in [6.45, 7) is 4.76. The first-order valence-corrected chi connectivity index (χ1v) is 17.6. The van der Waals surface area contributed by atoms with Crippen LogP contribution in [0.5, 0.6) is 17.2 Å². The molecule has 2 aliphatic rings. The summed E-state index contributed by atoms with van der Waals surface area (Å²) in [5, 5.41) is 0. The Bertz CT molecular complexity index is 1810. The van der Waals surface area contributed by atoms with Crippen molar-refractivity contribution in [2.45, 2.75) is 51.2 Å². The molecule has 2 fully saturated rings. The molecule has 1 amide bonds. The van der Waals surface area contributed by atoms with Gasteiger partial charge in [-0.1, -0.05) is 42.5 Å². The number of ether oxygens (including phenoxy) is 3. The fourth-order valence-electron chi connectivity index (χ4n) is 7.82. The third kappa shape index (κ3) is 7.03. The predicted octanol–water partition coefficient (Wildman–Crippen LogP) is 6.70. The number of carbonyl (C=O) groups is 1. The SMILES string of the molecule is COc1cc(CN2CCC(CCN3CCC(N(Cc4ccoc4)c4nc5ccccc5[nH]4)CC3)(Cc3ccccc3)C2=O)cc(OC)c1OC. The van der Waals surface area contributed by atoms with Gasteiger partial charge in [-0.15, -0.1) is 0 Å². The minimum atomic E-state index is -0.458. The normalized spacial score (nSPS) is 18.5. The van der Waals surface area contributed by atoms with Crippen LogP contribution in [0.3, 0.4) is 0 Å². The molecule has 2 aromatic heterocycles. The van der Waals surface area contributed by atoms with E-state index in [0.717, 1.165) is 86.4 Å². The van der Waals surface area contributed by atoms with Crippen LogP contribution < -0.4 is 19.1 Å². The zero-order chi connectivity index (χ0) is 34.5. The van der Waals surface area contributed by atoms with Crippen LogP contribution in [-0.2, 0) is 24.3 Å². The van der Waals surface area contributed by atoms with Gasteiger partial charge >= 0.3 is 0 Å². The van der Waals surface area contributed by atoms with Gasteiger partial charge in [0.15, 0.2) is 11.5 Å². The maximum atomic E-state index is 14.5. The zero-order valence-electron chi connectivity index (χ0n) is 29.3. The van der Waals surface area contributed by atoms with Crippen LogP contribution in [-0.4, -0.2) is 79.2 Å². The van der Waals surface area contributed by atoms with Gasteiger partial charge < -0.3 is 38.3 Å². The number of fused-ring (bicyclic) bond motifs is 1. The number of methoxy groups -OCH3 is 3. The fraction of sp³-hybridized carbons (Fsp3) is 0.400. The molecule has 5 aromatic rings. The number of hydrogen-bond acceptors (Lipinski definition) is 8. The molecule has 2 saturated heterocycles. The van der Waals surface area contributed by atoms with Crippen molar-refractivity contribution >= 4 is 22.9 Å². The Morgan fingerprint density at radius 2 is 1.64 bits per heavy atom. The molecule has 7 rings (SSSR count). The summed E-state index contributed by atoms with van der Waals surface area (Å²) >= 11 is 0. The first-order chi connectivity index (χ1) is 24.5. The number of anilines is 1. The molecular weight excluding hydrogens is 630 g/mol. The Balaban J connectivity index is 1.04. The van der Waals surface area contributed by atoms with E-state index in [4.69, 9.17) is 23.6 Å². The Labute approximate surface area is 293 Å². The zero-order valence-corrected chi connectivity index (χ0v) is 29.3. The fourth-order valence-corrected chi connectivity index (χ4v) is 7.82. The highest BCUT2D eigenvalue weighted by molar-refractivity contribution is 5.85. The summed E-state index contributed by atoms with van der Waals surface area (Å²) in [4.78, 5) is 29.9. The Morgan fingerprint density at radius 1 is 0.900 bits per heavy atom. The predicted molar refractivity (Wildman–Crippen MR) is 194 cm³/mol. The Kier molecular flexibility index (Phi) is 9.98. The monoisotopic (exact) mass is 677 g/mol. The van der Waals surface area contributed by atoms with Gasteiger partial charge in [-0.2, -0.15) is 0 Å². The van der Waals surface area contributed by atoms with Gasteiger partial charge in [0.2, 0.25) is 17.6 Å². The lowest BCUT2D eigenvalue weighted by molar-refractivity contribution is -0.137. The number of nitrogens with one attached hydrogen (secondary N) is 1. The Hall–Kier alpha value is -4.96. The van der Waals surface area contributed by atoms with Crippen LogP contribution in [0.2, 0.25) is 0 Å². The smallest absolute Gasteiger partial charge is 0.229 e. The van der Waals surface area contributed by atoms with E-state index < -0.39 is 5.41 Å². The maximum Gasteiger partial charge on any atom is 0.229 e. The van der Waals surface area contributed by atoms with Crippen molar-refractivity contribution in [1.29, 1.82) is 0 Å². The average molecular weight is 678 g/mol. The van der Waals surface area contributed by atoms with E-state index in [9.17, 15) is 4.79 Å². The van der Waals surface area contributed by atoms with Crippen LogP contribution in [0, 0.1) is 5.41 Å². The molecule has 1 N–H and O–H groups in total. The van der Waals surface area contributed by atoms with Gasteiger partial charge in [-0.3, -0.25) is 4.79 Å². The second kappa shape index (κ2) is 14.9. The topological polar surface area (TPSA) is 96.3 Å². The van der Waals surface area contributed by atoms with E-state index in [-0.39, 0.29) is 5.91 Å². The number of para-hydroxylation sites is 2. The minimum Gasteiger partial charge on any atom is -0.493 e. The molecule has 1 atom stereocenters. The molecule has 50 heavy (non-hydrogen) atoms. The van der Waals surface area contributed by atoms with E-state index in [0.29, 0.717) is 36.4 Å². The third-order valence-corrected chi connectivity index (χ3v) is 10.6. The number of piperidine rings is 1. The first-order valence-electron chi connectivity index (χ1n) is 17.6. The van der Waals surface area contributed by atoms with Crippen LogP contribution in [0.25, 0.3) is 11.0 Å². The number of benzene rings is 3. The van der Waals surface area contributed by atoms with E-state index >= 15 is 0 Å². The van der Waals surface area contributed by atoms with E-state index in [1.54, 1.807) is 27.6 Å². The lowest BCUT2D eigenvalue weighted by atomic mass is 9.77. The number of furan rings is 1. The lowest BCUT2D eigenvalue weighted by Crippen LogP contribution is -2.46. The molecule has 0 aliphatic carbocycles. The van der Waals surface area contributed by atoms with E-state index in [2.05, 4.69) is 51.2 Å². The number of rotatable bonds is 14. The molecule has 0 saturated carbocycles. The number of imidazole rings is 1. The van der Waals surface area contributed by atoms with Gasteiger partial charge in [0.1, 0.15) is 0 Å². The molecule has 10 nitrogen and oxygen atoms in total.